The molecule has 0 saturated heterocycles. The van der Waals surface area contributed by atoms with Gasteiger partial charge in [-0.25, -0.2) is 14.5 Å². The molecule has 1 amide bonds. The number of rotatable bonds is 5. The second kappa shape index (κ2) is 8.85. The molecule has 9 nitrogen and oxygen atoms in total. The lowest BCUT2D eigenvalue weighted by molar-refractivity contribution is -0.388. The lowest BCUT2D eigenvalue weighted by atomic mass is 10.1. The van der Waals surface area contributed by atoms with Gasteiger partial charge in [-0.3, -0.25) is 14.9 Å². The van der Waals surface area contributed by atoms with E-state index in [2.05, 4.69) is 10.4 Å². The molecule has 0 aliphatic heterocycles. The van der Waals surface area contributed by atoms with Crippen LogP contribution in [0.15, 0.2) is 51.2 Å². The van der Waals surface area contributed by atoms with Crippen molar-refractivity contribution in [1.82, 2.24) is 20.1 Å². The van der Waals surface area contributed by atoms with Gasteiger partial charge in [-0.15, -0.1) is 5.10 Å². The van der Waals surface area contributed by atoms with Crippen LogP contribution in [0.2, 0.25) is 0 Å². The maximum absolute atomic E-state index is 13.6. The van der Waals surface area contributed by atoms with Crippen LogP contribution in [0.4, 0.5) is 32.0 Å². The summed E-state index contributed by atoms with van der Waals surface area (Å²) in [6.45, 7) is 0. The van der Waals surface area contributed by atoms with E-state index >= 15 is 0 Å². The standard InChI is InChI=1S/C18H11F6N5O4S/c1-25-14(30)8-2-4-10(18(22,23)24)11(6-8)28-15(31)26-27-16(28)34-13-5-3-9(17(19,20)21)7-12(13)29(32)33/h2-7H,1H3,(H,25,30)(H,26,31). The van der Waals surface area contributed by atoms with Gasteiger partial charge in [0.25, 0.3) is 11.6 Å². The van der Waals surface area contributed by atoms with Gasteiger partial charge in [-0.2, -0.15) is 26.3 Å². The first-order valence-electron chi connectivity index (χ1n) is 8.88. The summed E-state index contributed by atoms with van der Waals surface area (Å²) in [5, 5.41) is 18.4. The molecule has 16 heteroatoms. The molecule has 3 rings (SSSR count). The van der Waals surface area contributed by atoms with Gasteiger partial charge in [-0.05, 0) is 42.1 Å². The summed E-state index contributed by atoms with van der Waals surface area (Å²) in [5.74, 6) is -0.765. The van der Waals surface area contributed by atoms with E-state index in [1.807, 2.05) is 5.10 Å². The van der Waals surface area contributed by atoms with Crippen molar-refractivity contribution in [2.24, 2.45) is 0 Å². The maximum atomic E-state index is 13.6. The van der Waals surface area contributed by atoms with Crippen molar-refractivity contribution in [1.29, 1.82) is 0 Å². The van der Waals surface area contributed by atoms with Gasteiger partial charge in [0.15, 0.2) is 0 Å². The number of nitro groups is 1. The fraction of sp³-hybridized carbons (Fsp3) is 0.167. The highest BCUT2D eigenvalue weighted by atomic mass is 32.2. The van der Waals surface area contributed by atoms with E-state index in [9.17, 15) is 46.0 Å². The van der Waals surface area contributed by atoms with E-state index in [0.717, 1.165) is 18.2 Å². The summed E-state index contributed by atoms with van der Waals surface area (Å²) < 4.78 is 80.1. The fourth-order valence-electron chi connectivity index (χ4n) is 2.83. The Balaban J connectivity index is 2.20. The molecule has 34 heavy (non-hydrogen) atoms. The molecule has 0 atom stereocenters. The number of nitrogens with one attached hydrogen (secondary N) is 2. The smallest absolute Gasteiger partial charge is 0.355 e. The normalized spacial score (nSPS) is 12.0. The Kier molecular flexibility index (Phi) is 6.46. The highest BCUT2D eigenvalue weighted by Gasteiger charge is 2.36. The zero-order valence-electron chi connectivity index (χ0n) is 16.6. The molecule has 0 unspecified atom stereocenters. The summed E-state index contributed by atoms with van der Waals surface area (Å²) in [4.78, 5) is 34.1. The minimum absolute atomic E-state index is 0.241. The van der Waals surface area contributed by atoms with E-state index in [-0.39, 0.29) is 23.4 Å². The molecule has 0 aliphatic carbocycles. The third-order valence-electron chi connectivity index (χ3n) is 4.36. The third-order valence-corrected chi connectivity index (χ3v) is 5.38. The Morgan fingerprint density at radius 2 is 1.79 bits per heavy atom. The number of aromatic nitrogens is 3. The summed E-state index contributed by atoms with van der Waals surface area (Å²) in [5.41, 5.74) is -5.89. The Hall–Kier alpha value is -3.82. The number of carbonyl (C=O) groups excluding carboxylic acids is 1. The van der Waals surface area contributed by atoms with E-state index in [0.29, 0.717) is 16.7 Å². The van der Waals surface area contributed by atoms with Crippen LogP contribution in [0.25, 0.3) is 5.69 Å². The number of halogens is 6. The van der Waals surface area contributed by atoms with Crippen LogP contribution in [0.1, 0.15) is 21.5 Å². The molecular formula is C18H11F6N5O4S. The number of nitrogens with zero attached hydrogens (tertiary/aromatic N) is 3. The van der Waals surface area contributed by atoms with Crippen LogP contribution in [-0.4, -0.2) is 32.6 Å². The molecule has 180 valence electrons. The van der Waals surface area contributed by atoms with Crippen molar-refractivity contribution >= 4 is 23.4 Å². The molecular weight excluding hydrogens is 496 g/mol. The molecule has 0 aliphatic rings. The topological polar surface area (TPSA) is 123 Å². The first kappa shape index (κ1) is 24.8. The minimum Gasteiger partial charge on any atom is -0.355 e. The highest BCUT2D eigenvalue weighted by Crippen LogP contribution is 2.40. The van der Waals surface area contributed by atoms with Crippen LogP contribution in [0.5, 0.6) is 0 Å². The van der Waals surface area contributed by atoms with E-state index < -0.39 is 61.4 Å². The lowest BCUT2D eigenvalue weighted by Crippen LogP contribution is -2.23. The average molecular weight is 507 g/mol. The zero-order chi connectivity index (χ0) is 25.4. The summed E-state index contributed by atoms with van der Waals surface area (Å²) >= 11 is 0.287. The van der Waals surface area contributed by atoms with Crippen LogP contribution in [-0.2, 0) is 12.4 Å². The maximum Gasteiger partial charge on any atom is 0.418 e. The Morgan fingerprint density at radius 3 is 2.35 bits per heavy atom. The molecule has 0 spiro atoms. The Morgan fingerprint density at radius 1 is 1.12 bits per heavy atom. The highest BCUT2D eigenvalue weighted by molar-refractivity contribution is 7.99. The first-order chi connectivity index (χ1) is 15.7. The fourth-order valence-corrected chi connectivity index (χ4v) is 3.76. The number of hydrogen-bond donors (Lipinski definition) is 2. The number of alkyl halides is 6. The second-order valence-corrected chi connectivity index (χ2v) is 7.50. The minimum atomic E-state index is -4.98. The SMILES string of the molecule is CNC(=O)c1ccc(C(F)(F)F)c(-n2c(Sc3ccc(C(F)(F)F)cc3[N+](=O)[O-])n[nH]c2=O)c1. The van der Waals surface area contributed by atoms with E-state index in [1.54, 1.807) is 0 Å². The third kappa shape index (κ3) is 4.90. The molecule has 0 bridgehead atoms. The zero-order valence-corrected chi connectivity index (χ0v) is 17.4. The van der Waals surface area contributed by atoms with Gasteiger partial charge in [0.2, 0.25) is 5.16 Å². The van der Waals surface area contributed by atoms with Crippen molar-refractivity contribution in [3.05, 3.63) is 73.7 Å². The van der Waals surface area contributed by atoms with Gasteiger partial charge >= 0.3 is 18.0 Å². The van der Waals surface area contributed by atoms with Crippen molar-refractivity contribution < 1.29 is 36.1 Å². The van der Waals surface area contributed by atoms with Crippen LogP contribution < -0.4 is 11.0 Å². The van der Waals surface area contributed by atoms with Crippen LogP contribution in [0, 0.1) is 10.1 Å². The van der Waals surface area contributed by atoms with E-state index in [1.165, 1.54) is 7.05 Å². The van der Waals surface area contributed by atoms with Gasteiger partial charge in [0, 0.05) is 18.7 Å². The molecule has 0 fully saturated rings. The van der Waals surface area contributed by atoms with E-state index in [4.69, 9.17) is 0 Å². The summed E-state index contributed by atoms with van der Waals surface area (Å²) in [6, 6.07) is 3.74. The quantitative estimate of drug-likeness (QED) is 0.306. The number of benzene rings is 2. The second-order valence-electron chi connectivity index (χ2n) is 6.49. The van der Waals surface area contributed by atoms with Crippen LogP contribution >= 0.6 is 11.8 Å². The number of H-pyrrole nitrogens is 1. The molecule has 2 N–H and O–H groups in total. The summed E-state index contributed by atoms with van der Waals surface area (Å²) in [7, 11) is 1.23. The molecule has 1 aromatic heterocycles. The largest absolute Gasteiger partial charge is 0.418 e. The predicted molar refractivity (Wildman–Crippen MR) is 105 cm³/mol. The van der Waals surface area contributed by atoms with Gasteiger partial charge < -0.3 is 5.32 Å². The van der Waals surface area contributed by atoms with Gasteiger partial charge in [0.05, 0.1) is 26.6 Å². The molecule has 3 aromatic rings. The summed E-state index contributed by atoms with van der Waals surface area (Å²) in [6.07, 6.45) is -9.86. The Labute approximate surface area is 188 Å². The lowest BCUT2D eigenvalue weighted by Gasteiger charge is -2.15. The van der Waals surface area contributed by atoms with Crippen molar-refractivity contribution in [3.8, 4) is 5.69 Å². The van der Waals surface area contributed by atoms with Gasteiger partial charge in [-0.1, -0.05) is 0 Å². The van der Waals surface area contributed by atoms with Gasteiger partial charge in [0.1, 0.15) is 0 Å². The van der Waals surface area contributed by atoms with Crippen LogP contribution in [0.3, 0.4) is 0 Å². The number of nitro benzene ring substituents is 1. The predicted octanol–water partition coefficient (Wildman–Crippen LogP) is 4.02. The number of hydrogen-bond acceptors (Lipinski definition) is 6. The number of amides is 1. The van der Waals surface area contributed by atoms with Crippen molar-refractivity contribution in [2.75, 3.05) is 7.05 Å². The van der Waals surface area contributed by atoms with Crippen molar-refractivity contribution in [2.45, 2.75) is 22.4 Å². The monoisotopic (exact) mass is 507 g/mol. The molecule has 1 heterocycles. The number of carbonyl (C=O) groups is 1. The number of aromatic amines is 1. The Bertz CT molecular complexity index is 1330. The molecule has 0 saturated carbocycles. The van der Waals surface area contributed by atoms with Crippen molar-refractivity contribution in [3.63, 3.8) is 0 Å². The molecule has 2 aromatic carbocycles. The molecule has 0 radical (unpaired) electrons. The first-order valence-corrected chi connectivity index (χ1v) is 9.70. The average Bonchev–Trinajstić information content (AvgIpc) is 3.11.